The zero-order chi connectivity index (χ0) is 17.8. The molecule has 1 N–H and O–H groups in total. The van der Waals surface area contributed by atoms with Gasteiger partial charge >= 0.3 is 0 Å². The maximum atomic E-state index is 14.4. The van der Waals surface area contributed by atoms with Crippen LogP contribution in [0.3, 0.4) is 0 Å². The van der Waals surface area contributed by atoms with Crippen LogP contribution in [0, 0.1) is 17.1 Å². The Labute approximate surface area is 143 Å². The highest BCUT2D eigenvalue weighted by Crippen LogP contribution is 2.29. The summed E-state index contributed by atoms with van der Waals surface area (Å²) in [6.45, 7) is 1.87. The molecule has 0 amide bonds. The van der Waals surface area contributed by atoms with Crippen LogP contribution < -0.4 is 10.1 Å². The third-order valence-electron chi connectivity index (χ3n) is 3.58. The number of nitrogens with one attached hydrogen (secondary N) is 1. The van der Waals surface area contributed by atoms with Crippen molar-refractivity contribution in [2.75, 3.05) is 5.32 Å². The third-order valence-corrected chi connectivity index (χ3v) is 3.58. The van der Waals surface area contributed by atoms with Gasteiger partial charge in [-0.25, -0.2) is 9.07 Å². The minimum Gasteiger partial charge on any atom is -0.453 e. The average Bonchev–Trinajstić information content (AvgIpc) is 3.04. The molecular weight excluding hydrogens is 323 g/mol. The highest BCUT2D eigenvalue weighted by molar-refractivity contribution is 5.50. The van der Waals surface area contributed by atoms with E-state index in [0.29, 0.717) is 22.8 Å². The van der Waals surface area contributed by atoms with E-state index in [0.717, 1.165) is 0 Å². The van der Waals surface area contributed by atoms with Crippen molar-refractivity contribution in [1.82, 2.24) is 20.2 Å². The van der Waals surface area contributed by atoms with Crippen LogP contribution in [-0.2, 0) is 7.05 Å². The van der Waals surface area contributed by atoms with E-state index in [9.17, 15) is 4.39 Å². The van der Waals surface area contributed by atoms with Crippen molar-refractivity contribution in [3.05, 3.63) is 59.7 Å². The number of halogens is 1. The van der Waals surface area contributed by atoms with E-state index in [-0.39, 0.29) is 11.8 Å². The second-order valence-electron chi connectivity index (χ2n) is 5.38. The van der Waals surface area contributed by atoms with E-state index in [1.54, 1.807) is 42.1 Å². The number of aromatic nitrogens is 4. The van der Waals surface area contributed by atoms with Crippen molar-refractivity contribution in [3.8, 4) is 17.6 Å². The summed E-state index contributed by atoms with van der Waals surface area (Å²) < 4.78 is 21.4. The van der Waals surface area contributed by atoms with Crippen LogP contribution in [0.5, 0.6) is 11.5 Å². The van der Waals surface area contributed by atoms with Gasteiger partial charge in [-0.05, 0) is 41.6 Å². The Balaban J connectivity index is 1.77. The Morgan fingerprint density at radius 1 is 1.24 bits per heavy atom. The van der Waals surface area contributed by atoms with E-state index in [1.807, 2.05) is 13.0 Å². The average molecular weight is 338 g/mol. The van der Waals surface area contributed by atoms with E-state index in [4.69, 9.17) is 10.00 Å². The van der Waals surface area contributed by atoms with Gasteiger partial charge in [-0.2, -0.15) is 5.26 Å². The number of ether oxygens (including phenoxy) is 1. The lowest BCUT2D eigenvalue weighted by Crippen LogP contribution is -2.12. The van der Waals surface area contributed by atoms with Gasteiger partial charge in [0, 0.05) is 18.8 Å². The number of tetrazole rings is 1. The zero-order valence-electron chi connectivity index (χ0n) is 13.6. The molecule has 0 aliphatic heterocycles. The van der Waals surface area contributed by atoms with Crippen molar-refractivity contribution in [3.63, 3.8) is 0 Å². The molecule has 0 spiro atoms. The van der Waals surface area contributed by atoms with E-state index in [2.05, 4.69) is 20.8 Å². The topological polar surface area (TPSA) is 88.7 Å². The number of benzene rings is 2. The Kier molecular flexibility index (Phi) is 4.57. The molecule has 7 nitrogen and oxygen atoms in total. The van der Waals surface area contributed by atoms with Crippen molar-refractivity contribution in [1.29, 1.82) is 5.26 Å². The highest BCUT2D eigenvalue weighted by Gasteiger charge is 2.14. The number of nitriles is 1. The fourth-order valence-electron chi connectivity index (χ4n) is 2.36. The van der Waals surface area contributed by atoms with Gasteiger partial charge in [0.15, 0.2) is 17.4 Å². The van der Waals surface area contributed by atoms with Gasteiger partial charge < -0.3 is 10.1 Å². The molecule has 0 aliphatic rings. The Morgan fingerprint density at radius 2 is 2.04 bits per heavy atom. The molecule has 3 aromatic rings. The van der Waals surface area contributed by atoms with E-state index in [1.165, 1.54) is 12.1 Å². The van der Waals surface area contributed by atoms with Gasteiger partial charge in [0.05, 0.1) is 11.6 Å². The van der Waals surface area contributed by atoms with E-state index >= 15 is 0 Å². The van der Waals surface area contributed by atoms with Crippen molar-refractivity contribution >= 4 is 5.69 Å². The molecule has 2 aromatic carbocycles. The number of anilines is 1. The zero-order valence-corrected chi connectivity index (χ0v) is 13.6. The lowest BCUT2D eigenvalue weighted by atomic mass is 10.2. The predicted molar refractivity (Wildman–Crippen MR) is 88.5 cm³/mol. The summed E-state index contributed by atoms with van der Waals surface area (Å²) in [6.07, 6.45) is 0. The molecule has 8 heteroatoms. The lowest BCUT2D eigenvalue weighted by Gasteiger charge is -2.15. The van der Waals surface area contributed by atoms with Gasteiger partial charge in [-0.15, -0.1) is 5.10 Å². The third kappa shape index (κ3) is 3.55. The standard InChI is InChI=1S/C17H15FN6O/c1-11(17-21-22-23-24(17)2)20-13-7-8-16(14(18)9-13)25-15-6-4-3-5-12(15)10-19/h3-9,11,20H,1-2H3. The number of aryl methyl sites for hydroxylation is 1. The molecule has 0 aliphatic carbocycles. The first kappa shape index (κ1) is 16.4. The van der Waals surface area contributed by atoms with Crippen molar-refractivity contribution in [2.45, 2.75) is 13.0 Å². The quantitative estimate of drug-likeness (QED) is 0.768. The second-order valence-corrected chi connectivity index (χ2v) is 5.38. The summed E-state index contributed by atoms with van der Waals surface area (Å²) >= 11 is 0. The first-order chi connectivity index (χ1) is 12.1. The second kappa shape index (κ2) is 6.97. The van der Waals surface area contributed by atoms with Gasteiger partial charge in [-0.3, -0.25) is 0 Å². The molecule has 126 valence electrons. The summed E-state index contributed by atoms with van der Waals surface area (Å²) in [5.74, 6) is 0.439. The van der Waals surface area contributed by atoms with Crippen LogP contribution in [-0.4, -0.2) is 20.2 Å². The van der Waals surface area contributed by atoms with Gasteiger partial charge in [0.25, 0.3) is 0 Å². The molecule has 1 unspecified atom stereocenters. The smallest absolute Gasteiger partial charge is 0.173 e. The molecule has 0 saturated heterocycles. The predicted octanol–water partition coefficient (Wildman–Crippen LogP) is 3.19. The van der Waals surface area contributed by atoms with Crippen LogP contribution in [0.15, 0.2) is 42.5 Å². The number of hydrogen-bond acceptors (Lipinski definition) is 6. The number of rotatable bonds is 5. The van der Waals surface area contributed by atoms with Crippen LogP contribution in [0.25, 0.3) is 0 Å². The first-order valence-electron chi connectivity index (χ1n) is 7.54. The number of hydrogen-bond donors (Lipinski definition) is 1. The van der Waals surface area contributed by atoms with Gasteiger partial charge in [-0.1, -0.05) is 12.1 Å². The van der Waals surface area contributed by atoms with Crippen LogP contribution in [0.4, 0.5) is 10.1 Å². The molecular formula is C17H15FN6O. The summed E-state index contributed by atoms with van der Waals surface area (Å²) in [7, 11) is 1.73. The normalized spacial score (nSPS) is 11.6. The van der Waals surface area contributed by atoms with Crippen molar-refractivity contribution < 1.29 is 9.13 Å². The van der Waals surface area contributed by atoms with Gasteiger partial charge in [0.2, 0.25) is 0 Å². The summed E-state index contributed by atoms with van der Waals surface area (Å²) in [5, 5.41) is 23.5. The molecule has 25 heavy (non-hydrogen) atoms. The highest BCUT2D eigenvalue weighted by atomic mass is 19.1. The minimum atomic E-state index is -0.541. The Hall–Kier alpha value is -3.47. The molecule has 1 aromatic heterocycles. The monoisotopic (exact) mass is 338 g/mol. The summed E-state index contributed by atoms with van der Waals surface area (Å²) in [5.41, 5.74) is 0.904. The molecule has 1 heterocycles. The molecule has 0 radical (unpaired) electrons. The fourth-order valence-corrected chi connectivity index (χ4v) is 2.36. The molecule has 0 saturated carbocycles. The minimum absolute atomic E-state index is 0.0428. The fraction of sp³-hybridized carbons (Fsp3) is 0.176. The Bertz CT molecular complexity index is 933. The number of para-hydroxylation sites is 1. The van der Waals surface area contributed by atoms with Crippen LogP contribution in [0.2, 0.25) is 0 Å². The van der Waals surface area contributed by atoms with Crippen molar-refractivity contribution in [2.24, 2.45) is 7.05 Å². The van der Waals surface area contributed by atoms with Gasteiger partial charge in [0.1, 0.15) is 11.8 Å². The van der Waals surface area contributed by atoms with E-state index < -0.39 is 5.82 Å². The maximum Gasteiger partial charge on any atom is 0.173 e. The molecule has 1 atom stereocenters. The molecule has 3 rings (SSSR count). The maximum absolute atomic E-state index is 14.4. The van der Waals surface area contributed by atoms with Crippen LogP contribution in [0.1, 0.15) is 24.4 Å². The SMILES string of the molecule is CC(Nc1ccc(Oc2ccccc2C#N)c(F)c1)c1nnnn1C. The molecule has 0 fully saturated rings. The first-order valence-corrected chi connectivity index (χ1v) is 7.54. The number of nitrogens with zero attached hydrogens (tertiary/aromatic N) is 5. The summed E-state index contributed by atoms with van der Waals surface area (Å²) in [4.78, 5) is 0. The van der Waals surface area contributed by atoms with Crippen LogP contribution >= 0.6 is 0 Å². The Morgan fingerprint density at radius 3 is 2.72 bits per heavy atom. The lowest BCUT2D eigenvalue weighted by molar-refractivity contribution is 0.441. The summed E-state index contributed by atoms with van der Waals surface area (Å²) in [6, 6.07) is 13.0. The largest absolute Gasteiger partial charge is 0.453 e. The molecule has 0 bridgehead atoms.